The summed E-state index contributed by atoms with van der Waals surface area (Å²) in [6.07, 6.45) is -1.13. The van der Waals surface area contributed by atoms with Gasteiger partial charge in [0.1, 0.15) is 24.9 Å². The summed E-state index contributed by atoms with van der Waals surface area (Å²) in [5, 5.41) is 32.6. The molecule has 12 heteroatoms. The molecule has 170 valence electrons. The molecule has 0 bridgehead atoms. The summed E-state index contributed by atoms with van der Waals surface area (Å²) in [4.78, 5) is 38.6. The van der Waals surface area contributed by atoms with Crippen LogP contribution in [0.1, 0.15) is 39.5 Å². The first-order chi connectivity index (χ1) is 14.1. The standard InChI is InChI=1S/C18H30N4O8/c1-3-4-5-6-13(25)29-8-11(24)15(26)16-14(21-9(2)23)10(22-18(19)20)7-12(30-16)17(27)28/h7,10-11,14-16,24,26H,3-6,8H2,1-2H3,(H,21,23)(H,27,28)(H4,19,20,22)/t10?,11?,14?,15?,16-/m1/s1. The molecule has 0 saturated heterocycles. The first-order valence-electron chi connectivity index (χ1n) is 9.56. The lowest BCUT2D eigenvalue weighted by Gasteiger charge is -2.38. The Morgan fingerprint density at radius 3 is 2.50 bits per heavy atom. The Bertz CT molecular complexity index is 677. The lowest BCUT2D eigenvalue weighted by molar-refractivity contribution is -0.156. The van der Waals surface area contributed by atoms with Gasteiger partial charge in [-0.25, -0.2) is 9.79 Å². The van der Waals surface area contributed by atoms with Crippen molar-refractivity contribution in [2.75, 3.05) is 6.61 Å². The van der Waals surface area contributed by atoms with Crippen molar-refractivity contribution in [1.82, 2.24) is 5.32 Å². The highest BCUT2D eigenvalue weighted by atomic mass is 16.6. The number of hydrogen-bond donors (Lipinski definition) is 6. The number of carboxylic acid groups (broad SMARTS) is 1. The zero-order valence-electron chi connectivity index (χ0n) is 17.0. The van der Waals surface area contributed by atoms with Gasteiger partial charge in [-0.15, -0.1) is 0 Å². The normalized spacial score (nSPS) is 22.7. The Morgan fingerprint density at radius 2 is 1.97 bits per heavy atom. The Hall–Kier alpha value is -2.86. The molecule has 4 unspecified atom stereocenters. The first-order valence-corrected chi connectivity index (χ1v) is 9.56. The third kappa shape index (κ3) is 7.87. The van der Waals surface area contributed by atoms with Crippen LogP contribution < -0.4 is 16.8 Å². The first kappa shape index (κ1) is 25.2. The summed E-state index contributed by atoms with van der Waals surface area (Å²) in [6, 6.07) is -2.18. The van der Waals surface area contributed by atoms with Gasteiger partial charge in [-0.2, -0.15) is 0 Å². The van der Waals surface area contributed by atoms with Crippen LogP contribution in [0.4, 0.5) is 0 Å². The summed E-state index contributed by atoms with van der Waals surface area (Å²) < 4.78 is 10.2. The topological polar surface area (TPSA) is 207 Å². The average Bonchev–Trinajstić information content (AvgIpc) is 2.65. The maximum absolute atomic E-state index is 11.7. The van der Waals surface area contributed by atoms with Crippen LogP contribution in [0.3, 0.4) is 0 Å². The summed E-state index contributed by atoms with van der Waals surface area (Å²) >= 11 is 0. The van der Waals surface area contributed by atoms with E-state index < -0.39 is 60.6 Å². The van der Waals surface area contributed by atoms with Gasteiger partial charge in [0.05, 0.1) is 12.1 Å². The van der Waals surface area contributed by atoms with Crippen LogP contribution in [0.2, 0.25) is 0 Å². The van der Waals surface area contributed by atoms with E-state index in [4.69, 9.17) is 20.9 Å². The Kier molecular flexibility index (Phi) is 10.1. The van der Waals surface area contributed by atoms with E-state index >= 15 is 0 Å². The minimum absolute atomic E-state index is 0.170. The Morgan fingerprint density at radius 1 is 1.30 bits per heavy atom. The van der Waals surface area contributed by atoms with Crippen LogP contribution in [-0.4, -0.2) is 76.1 Å². The van der Waals surface area contributed by atoms with E-state index in [0.717, 1.165) is 18.9 Å². The molecule has 0 aromatic rings. The molecule has 0 fully saturated rings. The number of nitrogens with one attached hydrogen (secondary N) is 1. The van der Waals surface area contributed by atoms with Crippen LogP contribution in [0.25, 0.3) is 0 Å². The Labute approximate surface area is 173 Å². The number of aliphatic imine (C=N–C) groups is 1. The van der Waals surface area contributed by atoms with Crippen LogP contribution in [0.15, 0.2) is 16.8 Å². The van der Waals surface area contributed by atoms with Crippen LogP contribution in [-0.2, 0) is 23.9 Å². The van der Waals surface area contributed by atoms with Crippen LogP contribution >= 0.6 is 0 Å². The second-order valence-corrected chi connectivity index (χ2v) is 6.89. The maximum Gasteiger partial charge on any atom is 0.370 e. The van der Waals surface area contributed by atoms with E-state index in [2.05, 4.69) is 10.3 Å². The van der Waals surface area contributed by atoms with Crippen LogP contribution in [0, 0.1) is 0 Å². The van der Waals surface area contributed by atoms with Crippen molar-refractivity contribution < 1.29 is 39.2 Å². The molecule has 0 spiro atoms. The molecule has 0 saturated carbocycles. The van der Waals surface area contributed by atoms with Gasteiger partial charge in [0, 0.05) is 13.3 Å². The van der Waals surface area contributed by atoms with Crippen molar-refractivity contribution in [3.8, 4) is 0 Å². The van der Waals surface area contributed by atoms with Gasteiger partial charge >= 0.3 is 11.9 Å². The third-order valence-corrected chi connectivity index (χ3v) is 4.32. The van der Waals surface area contributed by atoms with E-state index in [0.29, 0.717) is 6.42 Å². The van der Waals surface area contributed by atoms with E-state index in [1.165, 1.54) is 6.92 Å². The third-order valence-electron chi connectivity index (χ3n) is 4.32. The van der Waals surface area contributed by atoms with E-state index in [1.54, 1.807) is 0 Å². The number of aliphatic hydroxyl groups is 2. The quantitative estimate of drug-likeness (QED) is 0.0952. The number of unbranched alkanes of at least 4 members (excludes halogenated alkanes) is 2. The second-order valence-electron chi connectivity index (χ2n) is 6.89. The number of esters is 1. The average molecular weight is 430 g/mol. The molecular weight excluding hydrogens is 400 g/mol. The highest BCUT2D eigenvalue weighted by Gasteiger charge is 2.44. The SMILES string of the molecule is CCCCCC(=O)OCC(O)C(O)[C@@H]1OC(C(=O)O)=CC(N=C(N)N)C1NC(C)=O. The molecule has 0 aromatic carbocycles. The lowest BCUT2D eigenvalue weighted by Crippen LogP contribution is -2.60. The molecule has 1 aliphatic rings. The molecule has 8 N–H and O–H groups in total. The number of nitrogens with zero attached hydrogens (tertiary/aromatic N) is 1. The molecule has 1 amide bonds. The Balaban J connectivity index is 2.98. The number of nitrogens with two attached hydrogens (primary N) is 2. The number of guanidine groups is 1. The minimum atomic E-state index is -1.73. The molecule has 5 atom stereocenters. The van der Waals surface area contributed by atoms with E-state index in [1.807, 2.05) is 6.92 Å². The van der Waals surface area contributed by atoms with Gasteiger partial charge in [-0.3, -0.25) is 9.59 Å². The lowest BCUT2D eigenvalue weighted by atomic mass is 9.92. The number of aliphatic carboxylic acids is 1. The van der Waals surface area contributed by atoms with Crippen molar-refractivity contribution in [2.24, 2.45) is 16.5 Å². The van der Waals surface area contributed by atoms with Crippen LogP contribution in [0.5, 0.6) is 0 Å². The maximum atomic E-state index is 11.7. The van der Waals surface area contributed by atoms with Gasteiger partial charge < -0.3 is 41.6 Å². The number of carbonyl (C=O) groups is 3. The predicted octanol–water partition coefficient (Wildman–Crippen LogP) is -1.65. The second kappa shape index (κ2) is 12.0. The number of ether oxygens (including phenoxy) is 2. The van der Waals surface area contributed by atoms with Gasteiger partial charge in [-0.05, 0) is 12.5 Å². The molecule has 1 heterocycles. The molecule has 1 aliphatic heterocycles. The molecular formula is C18H30N4O8. The fourth-order valence-electron chi connectivity index (χ4n) is 2.90. The van der Waals surface area contributed by atoms with Crippen molar-refractivity contribution in [3.63, 3.8) is 0 Å². The fraction of sp³-hybridized carbons (Fsp3) is 0.667. The largest absolute Gasteiger partial charge is 0.478 e. The summed E-state index contributed by atoms with van der Waals surface area (Å²) in [5.41, 5.74) is 10.8. The predicted molar refractivity (Wildman–Crippen MR) is 105 cm³/mol. The van der Waals surface area contributed by atoms with Crippen molar-refractivity contribution >= 4 is 23.8 Å². The fourth-order valence-corrected chi connectivity index (χ4v) is 2.90. The molecule has 1 rings (SSSR count). The zero-order valence-corrected chi connectivity index (χ0v) is 17.0. The number of carboxylic acids is 1. The summed E-state index contributed by atoms with van der Waals surface area (Å²) in [6.45, 7) is 2.63. The minimum Gasteiger partial charge on any atom is -0.478 e. The summed E-state index contributed by atoms with van der Waals surface area (Å²) in [5.74, 6) is -3.48. The summed E-state index contributed by atoms with van der Waals surface area (Å²) in [7, 11) is 0. The highest BCUT2D eigenvalue weighted by molar-refractivity contribution is 5.85. The van der Waals surface area contributed by atoms with E-state index in [-0.39, 0.29) is 12.4 Å². The number of amides is 1. The van der Waals surface area contributed by atoms with Gasteiger partial charge in [0.25, 0.3) is 0 Å². The van der Waals surface area contributed by atoms with Crippen molar-refractivity contribution in [3.05, 3.63) is 11.8 Å². The smallest absolute Gasteiger partial charge is 0.370 e. The van der Waals surface area contributed by atoms with E-state index in [9.17, 15) is 29.7 Å². The van der Waals surface area contributed by atoms with Gasteiger partial charge in [0.15, 0.2) is 5.96 Å². The molecule has 0 radical (unpaired) electrons. The molecule has 0 aliphatic carbocycles. The zero-order chi connectivity index (χ0) is 22.8. The number of hydrogen-bond acceptors (Lipinski definition) is 8. The number of rotatable bonds is 11. The number of aliphatic hydroxyl groups excluding tert-OH is 2. The van der Waals surface area contributed by atoms with Crippen molar-refractivity contribution in [1.29, 1.82) is 0 Å². The van der Waals surface area contributed by atoms with Crippen molar-refractivity contribution in [2.45, 2.75) is 69.9 Å². The molecule has 12 nitrogen and oxygen atoms in total. The molecule has 0 aromatic heterocycles. The monoisotopic (exact) mass is 430 g/mol. The molecule has 30 heavy (non-hydrogen) atoms. The number of carbonyl (C=O) groups excluding carboxylic acids is 2. The van der Waals surface area contributed by atoms with Gasteiger partial charge in [-0.1, -0.05) is 19.8 Å². The van der Waals surface area contributed by atoms with Gasteiger partial charge in [0.2, 0.25) is 11.7 Å². The highest BCUT2D eigenvalue weighted by Crippen LogP contribution is 2.25.